The van der Waals surface area contributed by atoms with Crippen LogP contribution in [0.15, 0.2) is 115 Å². The molecule has 0 amide bonds. The van der Waals surface area contributed by atoms with E-state index in [1.807, 2.05) is 0 Å². The van der Waals surface area contributed by atoms with Crippen LogP contribution in [0.3, 0.4) is 0 Å². The van der Waals surface area contributed by atoms with Crippen molar-refractivity contribution in [1.29, 1.82) is 0 Å². The fourth-order valence-corrected chi connectivity index (χ4v) is 11.8. The Kier molecular flexibility index (Phi) is 22.7. The molecule has 278 valence electrons. The number of rotatable bonds is 23. The maximum Gasteiger partial charge on any atom is 0.138 e. The molecule has 3 aromatic carbocycles. The van der Waals surface area contributed by atoms with Gasteiger partial charge in [0, 0.05) is 0 Å². The molecule has 0 spiro atoms. The summed E-state index contributed by atoms with van der Waals surface area (Å²) in [7, 11) is -3.15. The molecule has 0 saturated heterocycles. The van der Waals surface area contributed by atoms with Crippen LogP contribution in [0.2, 0.25) is 18.1 Å². The molecule has 0 aromatic heterocycles. The van der Waals surface area contributed by atoms with E-state index in [4.69, 9.17) is 0 Å². The molecule has 51 heavy (non-hydrogen) atoms. The second-order valence-corrected chi connectivity index (χ2v) is 24.5. The van der Waals surface area contributed by atoms with Crippen molar-refractivity contribution in [1.82, 2.24) is 0 Å². The van der Waals surface area contributed by atoms with Gasteiger partial charge in [-0.25, -0.2) is 0 Å². The van der Waals surface area contributed by atoms with Gasteiger partial charge in [-0.2, -0.15) is 0 Å². The molecule has 0 atom stereocenters. The van der Waals surface area contributed by atoms with Crippen LogP contribution in [0.5, 0.6) is 0 Å². The number of allylic oxidation sites excluding steroid dienone is 4. The van der Waals surface area contributed by atoms with Crippen LogP contribution in [-0.4, -0.2) is 14.2 Å². The molecule has 3 rings (SSSR count). The van der Waals surface area contributed by atoms with Crippen LogP contribution in [0.1, 0.15) is 130 Å². The van der Waals surface area contributed by atoms with E-state index in [-0.39, 0.29) is 17.0 Å². The van der Waals surface area contributed by atoms with Gasteiger partial charge in [-0.3, -0.25) is 0 Å². The topological polar surface area (TPSA) is 0 Å². The highest BCUT2D eigenvalue weighted by atomic mass is 79.9. The molecule has 0 aliphatic heterocycles. The molecule has 0 nitrogen and oxygen atoms in total. The Morgan fingerprint density at radius 2 is 0.824 bits per heavy atom. The van der Waals surface area contributed by atoms with E-state index in [1.54, 1.807) is 0 Å². The summed E-state index contributed by atoms with van der Waals surface area (Å²) in [5.41, 5.74) is 3.58. The van der Waals surface area contributed by atoms with Crippen LogP contribution < -0.4 is 32.9 Å². The zero-order valence-corrected chi connectivity index (χ0v) is 36.5. The predicted molar refractivity (Wildman–Crippen MR) is 232 cm³/mol. The van der Waals surface area contributed by atoms with E-state index in [9.17, 15) is 0 Å². The van der Waals surface area contributed by atoms with Gasteiger partial charge in [-0.05, 0) is 92.5 Å². The monoisotopic (exact) mass is 784 g/mol. The first-order chi connectivity index (χ1) is 24.3. The Morgan fingerprint density at radius 1 is 0.490 bits per heavy atom. The van der Waals surface area contributed by atoms with E-state index in [2.05, 4.69) is 161 Å². The zero-order chi connectivity index (χ0) is 35.8. The summed E-state index contributed by atoms with van der Waals surface area (Å²) >= 11 is 0. The summed E-state index contributed by atoms with van der Waals surface area (Å²) in [4.78, 5) is 0. The molecule has 0 N–H and O–H groups in total. The van der Waals surface area contributed by atoms with Gasteiger partial charge >= 0.3 is 0 Å². The van der Waals surface area contributed by atoms with Crippen molar-refractivity contribution >= 4 is 31.2 Å². The van der Waals surface area contributed by atoms with Crippen molar-refractivity contribution in [2.24, 2.45) is 0 Å². The maximum atomic E-state index is 3.58. The summed E-state index contributed by atoms with van der Waals surface area (Å²) < 4.78 is 0. The lowest BCUT2D eigenvalue weighted by atomic mass is 10.0. The minimum absolute atomic E-state index is 0. The Morgan fingerprint density at radius 3 is 1.20 bits per heavy atom. The largest absolute Gasteiger partial charge is 1.00 e. The fraction of sp³-hybridized carbons (Fsp3) is 0.500. The fourth-order valence-electron chi connectivity index (χ4n) is 6.57. The van der Waals surface area contributed by atoms with Gasteiger partial charge in [0.1, 0.15) is 31.2 Å². The van der Waals surface area contributed by atoms with Crippen molar-refractivity contribution in [3.8, 4) is 11.5 Å². The molecule has 0 heterocycles. The highest BCUT2D eigenvalue weighted by molar-refractivity contribution is 7.95. The molecular weight excluding hydrogens is 715 g/mol. The Labute approximate surface area is 327 Å². The molecule has 3 aromatic rings. The summed E-state index contributed by atoms with van der Waals surface area (Å²) in [5, 5.41) is 4.85. The standard InChI is InChI=1S/C48H70PSi.BrH/c1-48(2,3)50(4,5)44-36-25-23-21-19-17-15-13-11-9-7-6-8-10-12-14-16-18-20-22-24-35-43-49(45-37-29-26-30-38-45,46-39-31-27-32-40-46)47-41-33-28-34-42-47;/h18,20,23,25-34,37-42H,6-17,19,21-22,24,35,43H2,1-5H3;1H/q+1;/p-1/b20-18-,25-23-;. The van der Waals surface area contributed by atoms with Gasteiger partial charge < -0.3 is 17.0 Å². The third-order valence-corrected chi connectivity index (χ3v) is 19.9. The molecular formula is C48H70BrPSi. The Hall–Kier alpha value is -2.17. The quantitative estimate of drug-likeness (QED) is 0.0295. The average Bonchev–Trinajstić information content (AvgIpc) is 3.12. The normalized spacial score (nSPS) is 12.2. The van der Waals surface area contributed by atoms with Gasteiger partial charge in [-0.15, -0.1) is 5.54 Å². The highest BCUT2D eigenvalue weighted by Crippen LogP contribution is 2.56. The Bertz CT molecular complexity index is 1310. The highest BCUT2D eigenvalue weighted by Gasteiger charge is 2.44. The van der Waals surface area contributed by atoms with Gasteiger partial charge in [0.2, 0.25) is 0 Å². The van der Waals surface area contributed by atoms with E-state index in [1.165, 1.54) is 131 Å². The summed E-state index contributed by atoms with van der Waals surface area (Å²) in [6.07, 6.45) is 33.4. The summed E-state index contributed by atoms with van der Waals surface area (Å²) in [5.74, 6) is 3.34. The zero-order valence-electron chi connectivity index (χ0n) is 33.0. The molecule has 0 saturated carbocycles. The van der Waals surface area contributed by atoms with Crippen molar-refractivity contribution in [2.45, 2.75) is 148 Å². The molecule has 0 fully saturated rings. The second-order valence-electron chi connectivity index (χ2n) is 15.9. The molecule has 0 aliphatic carbocycles. The van der Waals surface area contributed by atoms with Crippen molar-refractivity contribution in [3.05, 3.63) is 115 Å². The summed E-state index contributed by atoms with van der Waals surface area (Å²) in [6, 6.07) is 34.0. The SMILES string of the molecule is CC(C)(C)[Si](C)(C)C#C/C=C\CCCCCCCCCCCCCC/C=C\CCCC[P+](c1ccccc1)(c1ccccc1)c1ccccc1.[Br-]. The lowest BCUT2D eigenvalue weighted by Gasteiger charge is -2.31. The van der Waals surface area contributed by atoms with Crippen molar-refractivity contribution < 1.29 is 17.0 Å². The average molecular weight is 786 g/mol. The third kappa shape index (κ3) is 16.6. The number of halogens is 1. The minimum atomic E-state index is -1.69. The van der Waals surface area contributed by atoms with Crippen LogP contribution in [-0.2, 0) is 0 Å². The first-order valence-corrected chi connectivity index (χ1v) is 25.1. The van der Waals surface area contributed by atoms with Crippen LogP contribution in [0, 0.1) is 11.5 Å². The molecule has 0 unspecified atom stereocenters. The second kappa shape index (κ2) is 25.7. The third-order valence-electron chi connectivity index (χ3n) is 10.8. The Balaban J connectivity index is 0.00000901. The van der Waals surface area contributed by atoms with Crippen LogP contribution in [0.25, 0.3) is 0 Å². The first kappa shape index (κ1) is 45.0. The lowest BCUT2D eigenvalue weighted by molar-refractivity contribution is -0.0000106. The van der Waals surface area contributed by atoms with Gasteiger partial charge in [-0.1, -0.05) is 177 Å². The van der Waals surface area contributed by atoms with E-state index >= 15 is 0 Å². The minimum Gasteiger partial charge on any atom is -1.00 e. The number of hydrogen-bond donors (Lipinski definition) is 0. The van der Waals surface area contributed by atoms with E-state index in [0.29, 0.717) is 5.04 Å². The summed E-state index contributed by atoms with van der Waals surface area (Å²) in [6.45, 7) is 11.8. The van der Waals surface area contributed by atoms with Crippen LogP contribution >= 0.6 is 7.26 Å². The molecule has 0 radical (unpaired) electrons. The van der Waals surface area contributed by atoms with Gasteiger partial charge in [0.15, 0.2) is 0 Å². The number of benzene rings is 3. The van der Waals surface area contributed by atoms with Crippen LogP contribution in [0.4, 0.5) is 0 Å². The molecule has 3 heteroatoms. The molecule has 0 bridgehead atoms. The first-order valence-electron chi connectivity index (χ1n) is 20.1. The number of hydrogen-bond acceptors (Lipinski definition) is 0. The molecule has 0 aliphatic rings. The predicted octanol–water partition coefficient (Wildman–Crippen LogP) is 10.8. The van der Waals surface area contributed by atoms with E-state index in [0.717, 1.165) is 0 Å². The maximum absolute atomic E-state index is 3.58. The smallest absolute Gasteiger partial charge is 0.138 e. The van der Waals surface area contributed by atoms with E-state index < -0.39 is 15.3 Å². The lowest BCUT2D eigenvalue weighted by Crippen LogP contribution is -3.00. The van der Waals surface area contributed by atoms with Gasteiger partial charge in [0.25, 0.3) is 0 Å². The van der Waals surface area contributed by atoms with Crippen molar-refractivity contribution in [3.63, 3.8) is 0 Å². The van der Waals surface area contributed by atoms with Crippen molar-refractivity contribution in [2.75, 3.05) is 6.16 Å². The van der Waals surface area contributed by atoms with Gasteiger partial charge in [0.05, 0.1) is 6.16 Å². The number of unbranched alkanes of at least 4 members (excludes halogenated alkanes) is 15.